The van der Waals surface area contributed by atoms with Crippen LogP contribution in [0.25, 0.3) is 0 Å². The Morgan fingerprint density at radius 1 is 1.00 bits per heavy atom. The van der Waals surface area contributed by atoms with Gasteiger partial charge in [0.15, 0.2) is 0 Å². The maximum Gasteiger partial charge on any atom is 0.251 e. The Kier molecular flexibility index (Phi) is 5.28. The van der Waals surface area contributed by atoms with Gasteiger partial charge in [-0.1, -0.05) is 12.8 Å². The van der Waals surface area contributed by atoms with Gasteiger partial charge in [0.1, 0.15) is 0 Å². The average molecular weight is 315 g/mol. The molecule has 3 rings (SSSR count). The average Bonchev–Trinajstić information content (AvgIpc) is 3.22. The number of amides is 2. The summed E-state index contributed by atoms with van der Waals surface area (Å²) in [5.41, 5.74) is 1.36. The van der Waals surface area contributed by atoms with E-state index in [4.69, 9.17) is 0 Å². The van der Waals surface area contributed by atoms with Crippen molar-refractivity contribution in [3.63, 3.8) is 0 Å². The van der Waals surface area contributed by atoms with Crippen LogP contribution in [0.4, 0.5) is 5.69 Å². The molecule has 0 aromatic heterocycles. The molecule has 5 heteroatoms. The van der Waals surface area contributed by atoms with Crippen molar-refractivity contribution >= 4 is 17.5 Å². The summed E-state index contributed by atoms with van der Waals surface area (Å²) >= 11 is 0. The second-order valence-corrected chi connectivity index (χ2v) is 6.65. The van der Waals surface area contributed by atoms with Gasteiger partial charge in [0.25, 0.3) is 5.91 Å². The molecule has 0 aliphatic heterocycles. The molecule has 23 heavy (non-hydrogen) atoms. The summed E-state index contributed by atoms with van der Waals surface area (Å²) in [6.45, 7) is 1.26. The molecular formula is C18H25N3O2. The standard InChI is InChI=1S/C18H25N3O2/c22-17(12-19-11-13-5-6-13)20-16-9-7-14(8-10-16)18(23)21-15-3-1-2-4-15/h7-10,13,15,19H,1-6,11-12H2,(H,20,22)(H,21,23). The van der Waals surface area contributed by atoms with Gasteiger partial charge in [-0.25, -0.2) is 0 Å². The summed E-state index contributed by atoms with van der Waals surface area (Å²) in [5, 5.41) is 9.07. The van der Waals surface area contributed by atoms with E-state index in [9.17, 15) is 9.59 Å². The van der Waals surface area contributed by atoms with E-state index in [1.54, 1.807) is 24.3 Å². The number of carbonyl (C=O) groups excluding carboxylic acids is 2. The Labute approximate surface area is 137 Å². The lowest BCUT2D eigenvalue weighted by atomic mass is 10.1. The summed E-state index contributed by atoms with van der Waals surface area (Å²) in [6, 6.07) is 7.40. The van der Waals surface area contributed by atoms with Crippen molar-refractivity contribution in [2.24, 2.45) is 5.92 Å². The van der Waals surface area contributed by atoms with E-state index in [1.165, 1.54) is 25.7 Å². The maximum absolute atomic E-state index is 12.1. The van der Waals surface area contributed by atoms with Gasteiger partial charge in [0.2, 0.25) is 5.91 Å². The molecule has 2 aliphatic rings. The minimum absolute atomic E-state index is 0.0270. The first kappa shape index (κ1) is 16.0. The number of hydrogen-bond acceptors (Lipinski definition) is 3. The summed E-state index contributed by atoms with van der Waals surface area (Å²) < 4.78 is 0. The monoisotopic (exact) mass is 315 g/mol. The first-order chi connectivity index (χ1) is 11.2. The minimum atomic E-state index is -0.0474. The van der Waals surface area contributed by atoms with E-state index in [0.29, 0.717) is 18.2 Å². The molecule has 0 spiro atoms. The smallest absolute Gasteiger partial charge is 0.251 e. The highest BCUT2D eigenvalue weighted by Gasteiger charge is 2.20. The third kappa shape index (κ3) is 5.06. The Morgan fingerprint density at radius 2 is 1.70 bits per heavy atom. The van der Waals surface area contributed by atoms with Gasteiger partial charge >= 0.3 is 0 Å². The van der Waals surface area contributed by atoms with Gasteiger partial charge in [-0.3, -0.25) is 9.59 Å². The van der Waals surface area contributed by atoms with Gasteiger partial charge in [-0.2, -0.15) is 0 Å². The van der Waals surface area contributed by atoms with Crippen molar-refractivity contribution in [1.82, 2.24) is 10.6 Å². The van der Waals surface area contributed by atoms with Crippen LogP contribution in [0.2, 0.25) is 0 Å². The first-order valence-electron chi connectivity index (χ1n) is 8.62. The molecular weight excluding hydrogens is 290 g/mol. The van der Waals surface area contributed by atoms with E-state index in [1.807, 2.05) is 0 Å². The number of benzene rings is 1. The molecule has 2 aliphatic carbocycles. The summed E-state index contributed by atoms with van der Waals surface area (Å²) in [6.07, 6.45) is 7.11. The number of rotatable bonds is 7. The predicted octanol–water partition coefficient (Wildman–Crippen LogP) is 2.30. The maximum atomic E-state index is 12.1. The molecule has 0 atom stereocenters. The highest BCUT2D eigenvalue weighted by molar-refractivity contribution is 5.96. The largest absolute Gasteiger partial charge is 0.349 e. The fourth-order valence-corrected chi connectivity index (χ4v) is 2.96. The highest BCUT2D eigenvalue weighted by atomic mass is 16.2. The molecule has 124 valence electrons. The fraction of sp³-hybridized carbons (Fsp3) is 0.556. The van der Waals surface area contributed by atoms with Crippen LogP contribution in [0.5, 0.6) is 0 Å². The minimum Gasteiger partial charge on any atom is -0.349 e. The van der Waals surface area contributed by atoms with Crippen molar-refractivity contribution < 1.29 is 9.59 Å². The van der Waals surface area contributed by atoms with E-state index < -0.39 is 0 Å². The van der Waals surface area contributed by atoms with Crippen LogP contribution in [-0.4, -0.2) is 30.9 Å². The van der Waals surface area contributed by atoms with Crippen LogP contribution < -0.4 is 16.0 Å². The molecule has 0 bridgehead atoms. The third-order valence-electron chi connectivity index (χ3n) is 4.54. The van der Waals surface area contributed by atoms with Crippen molar-refractivity contribution in [3.8, 4) is 0 Å². The molecule has 2 fully saturated rings. The van der Waals surface area contributed by atoms with Crippen molar-refractivity contribution in [1.29, 1.82) is 0 Å². The van der Waals surface area contributed by atoms with E-state index >= 15 is 0 Å². The van der Waals surface area contributed by atoms with Gasteiger partial charge in [-0.15, -0.1) is 0 Å². The fourth-order valence-electron chi connectivity index (χ4n) is 2.96. The van der Waals surface area contributed by atoms with Crippen LogP contribution in [0.1, 0.15) is 48.9 Å². The summed E-state index contributed by atoms with van der Waals surface area (Å²) in [4.78, 5) is 23.9. The predicted molar refractivity (Wildman–Crippen MR) is 90.4 cm³/mol. The molecule has 0 heterocycles. The molecule has 5 nitrogen and oxygen atoms in total. The van der Waals surface area contributed by atoms with Crippen molar-refractivity contribution in [2.45, 2.75) is 44.6 Å². The molecule has 2 saturated carbocycles. The van der Waals surface area contributed by atoms with Crippen molar-refractivity contribution in [3.05, 3.63) is 29.8 Å². The van der Waals surface area contributed by atoms with E-state index in [0.717, 1.165) is 31.0 Å². The molecule has 0 unspecified atom stereocenters. The zero-order valence-corrected chi connectivity index (χ0v) is 13.4. The second-order valence-electron chi connectivity index (χ2n) is 6.65. The highest BCUT2D eigenvalue weighted by Crippen LogP contribution is 2.27. The summed E-state index contributed by atoms with van der Waals surface area (Å²) in [5.74, 6) is 0.690. The quantitative estimate of drug-likeness (QED) is 0.723. The van der Waals surface area contributed by atoms with Crippen LogP contribution in [-0.2, 0) is 4.79 Å². The topological polar surface area (TPSA) is 70.2 Å². The number of nitrogens with one attached hydrogen (secondary N) is 3. The number of carbonyl (C=O) groups is 2. The molecule has 2 amide bonds. The zero-order valence-electron chi connectivity index (χ0n) is 13.4. The summed E-state index contributed by atoms with van der Waals surface area (Å²) in [7, 11) is 0. The van der Waals surface area contributed by atoms with Crippen LogP contribution in [0.3, 0.4) is 0 Å². The Bertz CT molecular complexity index is 546. The second kappa shape index (κ2) is 7.59. The first-order valence-corrected chi connectivity index (χ1v) is 8.62. The molecule has 3 N–H and O–H groups in total. The molecule has 1 aromatic carbocycles. The lowest BCUT2D eigenvalue weighted by Gasteiger charge is -2.12. The number of hydrogen-bond donors (Lipinski definition) is 3. The Balaban J connectivity index is 1.43. The van der Waals surface area contributed by atoms with Gasteiger partial charge < -0.3 is 16.0 Å². The van der Waals surface area contributed by atoms with Crippen LogP contribution in [0, 0.1) is 5.92 Å². The zero-order chi connectivity index (χ0) is 16.1. The van der Waals surface area contributed by atoms with Gasteiger partial charge in [-0.05, 0) is 62.4 Å². The normalized spacial score (nSPS) is 17.9. The molecule has 1 aromatic rings. The lowest BCUT2D eigenvalue weighted by Crippen LogP contribution is -2.32. The Morgan fingerprint density at radius 3 is 2.35 bits per heavy atom. The third-order valence-corrected chi connectivity index (χ3v) is 4.54. The lowest BCUT2D eigenvalue weighted by molar-refractivity contribution is -0.115. The van der Waals surface area contributed by atoms with Crippen LogP contribution in [0.15, 0.2) is 24.3 Å². The SMILES string of the molecule is O=C(CNCC1CC1)Nc1ccc(C(=O)NC2CCCC2)cc1. The molecule has 0 saturated heterocycles. The van der Waals surface area contributed by atoms with E-state index in [-0.39, 0.29) is 11.8 Å². The number of anilines is 1. The van der Waals surface area contributed by atoms with Crippen LogP contribution >= 0.6 is 0 Å². The molecule has 0 radical (unpaired) electrons. The van der Waals surface area contributed by atoms with Gasteiger partial charge in [0, 0.05) is 17.3 Å². The van der Waals surface area contributed by atoms with Crippen molar-refractivity contribution in [2.75, 3.05) is 18.4 Å². The van der Waals surface area contributed by atoms with Gasteiger partial charge in [0.05, 0.1) is 6.54 Å². The van der Waals surface area contributed by atoms with E-state index in [2.05, 4.69) is 16.0 Å². The Hall–Kier alpha value is -1.88.